The van der Waals surface area contributed by atoms with Crippen LogP contribution in [0.25, 0.3) is 0 Å². The monoisotopic (exact) mass is 496 g/mol. The fourth-order valence-electron chi connectivity index (χ4n) is 2.12. The number of hydrogen-bond acceptors (Lipinski definition) is 3. The molecule has 5 nitrogen and oxygen atoms in total. The Hall–Kier alpha value is -1.03. The summed E-state index contributed by atoms with van der Waals surface area (Å²) in [5.41, 5.74) is 0.798. The van der Waals surface area contributed by atoms with Gasteiger partial charge in [0.2, 0.25) is 5.91 Å². The number of amides is 1. The van der Waals surface area contributed by atoms with Gasteiger partial charge in [-0.3, -0.25) is 9.79 Å². The van der Waals surface area contributed by atoms with Crippen LogP contribution in [0.5, 0.6) is 0 Å². The molecule has 3 N–H and O–H groups in total. The number of benzene rings is 1. The molecule has 0 atom stereocenters. The lowest BCUT2D eigenvalue weighted by Gasteiger charge is -2.12. The number of guanidine groups is 1. The Balaban J connectivity index is 0.00000625. The van der Waals surface area contributed by atoms with Gasteiger partial charge in [-0.2, -0.15) is 11.8 Å². The number of unbranched alkanes of at least 4 members (excludes halogenated alkanes) is 1. The van der Waals surface area contributed by atoms with Gasteiger partial charge in [0.25, 0.3) is 0 Å². The zero-order valence-electron chi connectivity index (χ0n) is 15.5. The van der Waals surface area contributed by atoms with E-state index in [4.69, 9.17) is 0 Å². The molecular formula is C18H30FIN4OS. The highest BCUT2D eigenvalue weighted by Gasteiger charge is 2.03. The van der Waals surface area contributed by atoms with Crippen molar-refractivity contribution in [3.05, 3.63) is 35.6 Å². The Labute approximate surface area is 177 Å². The SMILES string of the molecule is CCNC(=NCCCCSC)NCCNC(=O)Cc1ccc(F)cc1.I. The van der Waals surface area contributed by atoms with Gasteiger partial charge >= 0.3 is 0 Å². The number of halogens is 2. The Morgan fingerprint density at radius 2 is 1.81 bits per heavy atom. The van der Waals surface area contributed by atoms with E-state index in [9.17, 15) is 9.18 Å². The van der Waals surface area contributed by atoms with E-state index in [1.54, 1.807) is 12.1 Å². The zero-order chi connectivity index (χ0) is 18.3. The van der Waals surface area contributed by atoms with Crippen molar-refractivity contribution in [2.45, 2.75) is 26.2 Å². The highest BCUT2D eigenvalue weighted by molar-refractivity contribution is 14.0. The van der Waals surface area contributed by atoms with Gasteiger partial charge < -0.3 is 16.0 Å². The number of carbonyl (C=O) groups excluding carboxylic acids is 1. The molecular weight excluding hydrogens is 466 g/mol. The smallest absolute Gasteiger partial charge is 0.224 e. The number of rotatable bonds is 11. The molecule has 1 rings (SSSR count). The average molecular weight is 496 g/mol. The van der Waals surface area contributed by atoms with Gasteiger partial charge in [0.05, 0.1) is 6.42 Å². The minimum atomic E-state index is -0.294. The first-order valence-electron chi connectivity index (χ1n) is 8.68. The van der Waals surface area contributed by atoms with Gasteiger partial charge in [-0.05, 0) is 49.5 Å². The van der Waals surface area contributed by atoms with Crippen molar-refractivity contribution >= 4 is 47.6 Å². The molecule has 0 saturated heterocycles. The molecule has 148 valence electrons. The quantitative estimate of drug-likeness (QED) is 0.191. The van der Waals surface area contributed by atoms with Crippen molar-refractivity contribution in [2.24, 2.45) is 4.99 Å². The maximum Gasteiger partial charge on any atom is 0.224 e. The topological polar surface area (TPSA) is 65.5 Å². The summed E-state index contributed by atoms with van der Waals surface area (Å²) < 4.78 is 12.8. The lowest BCUT2D eigenvalue weighted by Crippen LogP contribution is -2.41. The van der Waals surface area contributed by atoms with Gasteiger partial charge in [0.15, 0.2) is 5.96 Å². The van der Waals surface area contributed by atoms with Crippen LogP contribution in [0.3, 0.4) is 0 Å². The summed E-state index contributed by atoms with van der Waals surface area (Å²) in [6.07, 6.45) is 4.61. The predicted octanol–water partition coefficient (Wildman–Crippen LogP) is 2.80. The summed E-state index contributed by atoms with van der Waals surface area (Å²) in [5.74, 6) is 1.57. The maximum atomic E-state index is 12.8. The van der Waals surface area contributed by atoms with Crippen LogP contribution in [0, 0.1) is 5.82 Å². The molecule has 0 heterocycles. The second kappa shape index (κ2) is 16.2. The molecule has 0 aliphatic heterocycles. The highest BCUT2D eigenvalue weighted by atomic mass is 127. The molecule has 0 saturated carbocycles. The van der Waals surface area contributed by atoms with Crippen LogP contribution in [-0.2, 0) is 11.2 Å². The van der Waals surface area contributed by atoms with Crippen LogP contribution in [0.15, 0.2) is 29.3 Å². The molecule has 26 heavy (non-hydrogen) atoms. The van der Waals surface area contributed by atoms with E-state index < -0.39 is 0 Å². The molecule has 0 aliphatic carbocycles. The summed E-state index contributed by atoms with van der Waals surface area (Å²) in [5, 5.41) is 9.25. The van der Waals surface area contributed by atoms with Crippen molar-refractivity contribution in [2.75, 3.05) is 38.2 Å². The molecule has 0 fully saturated rings. The van der Waals surface area contributed by atoms with E-state index in [-0.39, 0.29) is 42.1 Å². The van der Waals surface area contributed by atoms with Gasteiger partial charge in [-0.25, -0.2) is 4.39 Å². The number of aliphatic imine (C=N–C) groups is 1. The molecule has 0 spiro atoms. The first-order valence-corrected chi connectivity index (χ1v) is 10.1. The third-order valence-corrected chi connectivity index (χ3v) is 4.09. The van der Waals surface area contributed by atoms with Crippen LogP contribution < -0.4 is 16.0 Å². The second-order valence-corrected chi connectivity index (χ2v) is 6.53. The van der Waals surface area contributed by atoms with E-state index in [1.165, 1.54) is 24.3 Å². The molecule has 1 aromatic rings. The van der Waals surface area contributed by atoms with Gasteiger partial charge in [0, 0.05) is 26.2 Å². The zero-order valence-corrected chi connectivity index (χ0v) is 18.7. The summed E-state index contributed by atoms with van der Waals surface area (Å²) in [4.78, 5) is 16.4. The normalized spacial score (nSPS) is 10.8. The maximum absolute atomic E-state index is 12.8. The molecule has 1 aromatic carbocycles. The summed E-state index contributed by atoms with van der Waals surface area (Å²) in [7, 11) is 0. The lowest BCUT2D eigenvalue weighted by molar-refractivity contribution is -0.120. The van der Waals surface area contributed by atoms with Gasteiger partial charge in [-0.1, -0.05) is 12.1 Å². The number of thioether (sulfide) groups is 1. The van der Waals surface area contributed by atoms with Gasteiger partial charge in [-0.15, -0.1) is 24.0 Å². The molecule has 0 radical (unpaired) electrons. The van der Waals surface area contributed by atoms with Crippen LogP contribution >= 0.6 is 35.7 Å². The summed E-state index contributed by atoms with van der Waals surface area (Å²) in [6, 6.07) is 5.98. The number of carbonyl (C=O) groups is 1. The predicted molar refractivity (Wildman–Crippen MR) is 120 cm³/mol. The van der Waals surface area contributed by atoms with Crippen molar-refractivity contribution in [1.29, 1.82) is 0 Å². The highest BCUT2D eigenvalue weighted by Crippen LogP contribution is 2.03. The number of nitrogens with zero attached hydrogens (tertiary/aromatic N) is 1. The summed E-state index contributed by atoms with van der Waals surface area (Å²) >= 11 is 1.85. The molecule has 8 heteroatoms. The Morgan fingerprint density at radius 1 is 1.12 bits per heavy atom. The Bertz CT molecular complexity index is 528. The average Bonchev–Trinajstić information content (AvgIpc) is 2.60. The fourth-order valence-corrected chi connectivity index (χ4v) is 2.62. The van der Waals surface area contributed by atoms with Crippen LogP contribution in [0.4, 0.5) is 4.39 Å². The standard InChI is InChI=1S/C18H29FN4OS.HI/c1-3-20-18(22-10-4-5-13-25-2)23-12-11-21-17(24)14-15-6-8-16(19)9-7-15;/h6-9H,3-5,10-14H2,1-2H3,(H,21,24)(H2,20,22,23);1H. The van der Waals surface area contributed by atoms with Crippen molar-refractivity contribution in [3.63, 3.8) is 0 Å². The lowest BCUT2D eigenvalue weighted by atomic mass is 10.1. The largest absolute Gasteiger partial charge is 0.357 e. The van der Waals surface area contributed by atoms with E-state index >= 15 is 0 Å². The summed E-state index contributed by atoms with van der Waals surface area (Å²) in [6.45, 7) is 4.73. The van der Waals surface area contributed by atoms with Crippen molar-refractivity contribution < 1.29 is 9.18 Å². The van der Waals surface area contributed by atoms with E-state index in [0.29, 0.717) is 13.1 Å². The minimum Gasteiger partial charge on any atom is -0.357 e. The molecule has 0 bridgehead atoms. The Kier molecular flexibility index (Phi) is 15.5. The Morgan fingerprint density at radius 3 is 2.46 bits per heavy atom. The molecule has 0 aromatic heterocycles. The van der Waals surface area contributed by atoms with Crippen LogP contribution in [-0.4, -0.2) is 50.1 Å². The molecule has 0 aliphatic rings. The third-order valence-electron chi connectivity index (χ3n) is 3.39. The molecule has 1 amide bonds. The first-order chi connectivity index (χ1) is 12.2. The van der Waals surface area contributed by atoms with Crippen molar-refractivity contribution in [1.82, 2.24) is 16.0 Å². The third kappa shape index (κ3) is 12.3. The second-order valence-electron chi connectivity index (χ2n) is 5.54. The fraction of sp³-hybridized carbons (Fsp3) is 0.556. The molecule has 0 unspecified atom stereocenters. The van der Waals surface area contributed by atoms with Crippen molar-refractivity contribution in [3.8, 4) is 0 Å². The minimum absolute atomic E-state index is 0. The van der Waals surface area contributed by atoms with Crippen LogP contribution in [0.2, 0.25) is 0 Å². The number of nitrogens with one attached hydrogen (secondary N) is 3. The van der Waals surface area contributed by atoms with Crippen LogP contribution in [0.1, 0.15) is 25.3 Å². The van der Waals surface area contributed by atoms with E-state index in [2.05, 4.69) is 27.2 Å². The van der Waals surface area contributed by atoms with Gasteiger partial charge in [0.1, 0.15) is 5.82 Å². The number of hydrogen-bond donors (Lipinski definition) is 3. The first kappa shape index (κ1) is 25.0. The van der Waals surface area contributed by atoms with E-state index in [0.717, 1.165) is 31.0 Å². The van der Waals surface area contributed by atoms with E-state index in [1.807, 2.05) is 18.7 Å².